The Morgan fingerprint density at radius 2 is 1.58 bits per heavy atom. The molecule has 0 unspecified atom stereocenters. The largest absolute Gasteiger partial charge is 0.416 e. The van der Waals surface area contributed by atoms with Gasteiger partial charge in [0.15, 0.2) is 0 Å². The van der Waals surface area contributed by atoms with Crippen molar-refractivity contribution in [2.24, 2.45) is 0 Å². The third kappa shape index (κ3) is 5.19. The highest BCUT2D eigenvalue weighted by atomic mass is 35.5. The van der Waals surface area contributed by atoms with E-state index in [1.54, 1.807) is 12.1 Å². The van der Waals surface area contributed by atoms with Crippen LogP contribution in [-0.4, -0.2) is 14.0 Å². The van der Waals surface area contributed by atoms with Crippen LogP contribution in [0.15, 0.2) is 24.3 Å². The van der Waals surface area contributed by atoms with E-state index in [4.69, 9.17) is 11.6 Å². The first-order valence-electron chi connectivity index (χ1n) is 6.51. The van der Waals surface area contributed by atoms with Crippen LogP contribution in [0.2, 0.25) is 19.1 Å². The molecule has 0 aliphatic heterocycles. The summed E-state index contributed by atoms with van der Waals surface area (Å²) in [4.78, 5) is 0. The maximum absolute atomic E-state index is 12.5. The van der Waals surface area contributed by atoms with Gasteiger partial charge in [-0.25, -0.2) is 0 Å². The van der Waals surface area contributed by atoms with Crippen LogP contribution >= 0.6 is 11.6 Å². The third-order valence-corrected chi connectivity index (χ3v) is 7.20. The first-order chi connectivity index (χ1) is 8.77. The van der Waals surface area contributed by atoms with Crippen molar-refractivity contribution in [2.45, 2.75) is 44.6 Å². The van der Waals surface area contributed by atoms with E-state index >= 15 is 0 Å². The summed E-state index contributed by atoms with van der Waals surface area (Å²) in [5.41, 5.74) is -0.566. The fourth-order valence-electron chi connectivity index (χ4n) is 2.09. The molecule has 0 heterocycles. The van der Waals surface area contributed by atoms with Gasteiger partial charge in [0.25, 0.3) is 0 Å². The lowest BCUT2D eigenvalue weighted by Gasteiger charge is -2.23. The van der Waals surface area contributed by atoms with E-state index in [1.165, 1.54) is 12.1 Å². The highest BCUT2D eigenvalue weighted by Gasteiger charge is 2.31. The molecular weight excluding hydrogens is 289 g/mol. The van der Waals surface area contributed by atoms with E-state index in [-0.39, 0.29) is 0 Å². The number of halogens is 4. The standard InChI is InChI=1S/C14H20ClF3Si/c1-19(2,11-5-3-4-10-15)13-8-6-12(7-9-13)14(16,17)18/h6-9H,3-5,10-11H2,1-2H3. The molecule has 0 spiro atoms. The molecule has 0 atom stereocenters. The number of benzene rings is 1. The van der Waals surface area contributed by atoms with Crippen LogP contribution in [0.3, 0.4) is 0 Å². The maximum Gasteiger partial charge on any atom is 0.416 e. The molecule has 1 aromatic rings. The summed E-state index contributed by atoms with van der Waals surface area (Å²) in [7, 11) is -1.62. The average Bonchev–Trinajstić information content (AvgIpc) is 2.34. The summed E-state index contributed by atoms with van der Waals surface area (Å²) in [6.45, 7) is 4.41. The van der Waals surface area contributed by atoms with Crippen molar-refractivity contribution in [1.82, 2.24) is 0 Å². The van der Waals surface area contributed by atoms with Crippen LogP contribution in [0.25, 0.3) is 0 Å². The zero-order valence-electron chi connectivity index (χ0n) is 11.4. The van der Waals surface area contributed by atoms with E-state index in [2.05, 4.69) is 13.1 Å². The van der Waals surface area contributed by atoms with Crippen molar-refractivity contribution in [1.29, 1.82) is 0 Å². The van der Waals surface area contributed by atoms with Gasteiger partial charge in [-0.05, 0) is 6.42 Å². The smallest absolute Gasteiger partial charge is 0.166 e. The lowest BCUT2D eigenvalue weighted by molar-refractivity contribution is -0.137. The molecule has 0 nitrogen and oxygen atoms in total. The van der Waals surface area contributed by atoms with Gasteiger partial charge in [-0.3, -0.25) is 0 Å². The van der Waals surface area contributed by atoms with Gasteiger partial charge in [0.05, 0.1) is 13.6 Å². The number of alkyl halides is 4. The first-order valence-corrected chi connectivity index (χ1v) is 10.3. The second-order valence-corrected chi connectivity index (χ2v) is 10.7. The monoisotopic (exact) mass is 308 g/mol. The lowest BCUT2D eigenvalue weighted by Crippen LogP contribution is -2.41. The van der Waals surface area contributed by atoms with Gasteiger partial charge in [-0.1, -0.05) is 61.4 Å². The van der Waals surface area contributed by atoms with Gasteiger partial charge in [0, 0.05) is 5.88 Å². The predicted octanol–water partition coefficient (Wildman–Crippen LogP) is 5.03. The van der Waals surface area contributed by atoms with Crippen LogP contribution in [0.5, 0.6) is 0 Å². The van der Waals surface area contributed by atoms with Crippen molar-refractivity contribution in [3.63, 3.8) is 0 Å². The lowest BCUT2D eigenvalue weighted by atomic mass is 10.2. The van der Waals surface area contributed by atoms with Gasteiger partial charge < -0.3 is 0 Å². The molecule has 0 fully saturated rings. The second-order valence-electron chi connectivity index (χ2n) is 5.46. The molecule has 19 heavy (non-hydrogen) atoms. The number of rotatable bonds is 6. The zero-order chi connectivity index (χ0) is 14.5. The minimum Gasteiger partial charge on any atom is -0.166 e. The van der Waals surface area contributed by atoms with Crippen LogP contribution in [0.1, 0.15) is 24.8 Å². The van der Waals surface area contributed by atoms with E-state index in [0.29, 0.717) is 5.88 Å². The molecule has 1 rings (SSSR count). The van der Waals surface area contributed by atoms with Crippen molar-refractivity contribution in [3.8, 4) is 0 Å². The molecule has 0 saturated heterocycles. The van der Waals surface area contributed by atoms with Crippen molar-refractivity contribution >= 4 is 24.9 Å². The van der Waals surface area contributed by atoms with Crippen molar-refractivity contribution in [2.75, 3.05) is 5.88 Å². The Hall–Kier alpha value is -0.483. The normalized spacial score (nSPS) is 12.7. The molecule has 0 amide bonds. The van der Waals surface area contributed by atoms with Crippen LogP contribution in [-0.2, 0) is 6.18 Å². The van der Waals surface area contributed by atoms with E-state index in [1.807, 2.05) is 0 Å². The molecule has 0 aliphatic carbocycles. The zero-order valence-corrected chi connectivity index (χ0v) is 13.1. The summed E-state index contributed by atoms with van der Waals surface area (Å²) < 4.78 is 37.5. The molecule has 1 aromatic carbocycles. The van der Waals surface area contributed by atoms with Crippen LogP contribution in [0.4, 0.5) is 13.2 Å². The van der Waals surface area contributed by atoms with Gasteiger partial charge in [0.1, 0.15) is 0 Å². The Kier molecular flexibility index (Phi) is 5.93. The summed E-state index contributed by atoms with van der Waals surface area (Å²) in [5, 5.41) is 1.09. The molecule has 108 valence electrons. The molecule has 0 saturated carbocycles. The molecule has 0 radical (unpaired) electrons. The Morgan fingerprint density at radius 3 is 2.05 bits per heavy atom. The second kappa shape index (κ2) is 6.80. The summed E-state index contributed by atoms with van der Waals surface area (Å²) in [6.07, 6.45) is -1.03. The van der Waals surface area contributed by atoms with E-state index in [9.17, 15) is 13.2 Å². The van der Waals surface area contributed by atoms with Crippen molar-refractivity contribution in [3.05, 3.63) is 29.8 Å². The van der Waals surface area contributed by atoms with Crippen LogP contribution < -0.4 is 5.19 Å². The van der Waals surface area contributed by atoms with E-state index < -0.39 is 19.8 Å². The molecule has 0 N–H and O–H groups in total. The molecular formula is C14H20ClF3Si. The number of hydrogen-bond acceptors (Lipinski definition) is 0. The Morgan fingerprint density at radius 1 is 1.00 bits per heavy atom. The molecule has 0 aliphatic rings. The van der Waals surface area contributed by atoms with Gasteiger partial charge >= 0.3 is 6.18 Å². The highest BCUT2D eigenvalue weighted by Crippen LogP contribution is 2.28. The fraction of sp³-hybridized carbons (Fsp3) is 0.571. The summed E-state index contributed by atoms with van der Waals surface area (Å²) in [5.74, 6) is 0.683. The average molecular weight is 309 g/mol. The predicted molar refractivity (Wildman–Crippen MR) is 77.9 cm³/mol. The Labute approximate surface area is 119 Å². The van der Waals surface area contributed by atoms with E-state index in [0.717, 1.165) is 30.5 Å². The summed E-state index contributed by atoms with van der Waals surface area (Å²) >= 11 is 5.63. The first kappa shape index (κ1) is 16.6. The Balaban J connectivity index is 2.68. The molecule has 0 bridgehead atoms. The van der Waals surface area contributed by atoms with Gasteiger partial charge in [-0.15, -0.1) is 11.6 Å². The minimum absolute atomic E-state index is 0.566. The van der Waals surface area contributed by atoms with Crippen LogP contribution in [0, 0.1) is 0 Å². The number of unbranched alkanes of at least 4 members (excludes halogenated alkanes) is 2. The minimum atomic E-state index is -4.25. The number of hydrogen-bond donors (Lipinski definition) is 0. The molecule has 0 aromatic heterocycles. The summed E-state index contributed by atoms with van der Waals surface area (Å²) in [6, 6.07) is 6.79. The Bertz CT molecular complexity index is 385. The fourth-order valence-corrected chi connectivity index (χ4v) is 4.77. The van der Waals surface area contributed by atoms with Crippen molar-refractivity contribution < 1.29 is 13.2 Å². The SMILES string of the molecule is C[Si](C)(CCCCCCl)c1ccc(C(F)(F)F)cc1. The molecule has 5 heteroatoms. The van der Waals surface area contributed by atoms with Gasteiger partial charge in [-0.2, -0.15) is 13.2 Å². The van der Waals surface area contributed by atoms with Gasteiger partial charge in [0.2, 0.25) is 0 Å². The third-order valence-electron chi connectivity index (χ3n) is 3.43. The highest BCUT2D eigenvalue weighted by molar-refractivity contribution is 6.89. The quantitative estimate of drug-likeness (QED) is 0.393. The topological polar surface area (TPSA) is 0 Å². The maximum atomic E-state index is 12.5.